The second-order valence-corrected chi connectivity index (χ2v) is 8.67. The van der Waals surface area contributed by atoms with Gasteiger partial charge in [-0.2, -0.15) is 10.2 Å². The van der Waals surface area contributed by atoms with Crippen molar-refractivity contribution in [3.8, 4) is 22.5 Å². The molecule has 6 heterocycles. The fraction of sp³-hybridized carbons (Fsp3) is 0.409. The van der Waals surface area contributed by atoms with Gasteiger partial charge in [-0.25, -0.2) is 4.98 Å². The van der Waals surface area contributed by atoms with Crippen LogP contribution in [-0.4, -0.2) is 42.6 Å². The number of hydrogen-bond donors (Lipinski definition) is 2. The van der Waals surface area contributed by atoms with E-state index in [1.165, 1.54) is 18.5 Å². The van der Waals surface area contributed by atoms with Crippen molar-refractivity contribution in [2.45, 2.75) is 44.7 Å². The molecule has 2 N–H and O–H groups in total. The van der Waals surface area contributed by atoms with Gasteiger partial charge in [-0.1, -0.05) is 0 Å². The zero-order valence-corrected chi connectivity index (χ0v) is 16.8. The molecule has 1 unspecified atom stereocenters. The lowest BCUT2D eigenvalue weighted by molar-refractivity contribution is 0.467. The third-order valence-corrected chi connectivity index (χ3v) is 6.63. The van der Waals surface area contributed by atoms with Crippen molar-refractivity contribution < 1.29 is 0 Å². The summed E-state index contributed by atoms with van der Waals surface area (Å²) in [7, 11) is 0. The maximum Gasteiger partial charge on any atom is 0.137 e. The number of aromatic nitrogens is 6. The highest BCUT2D eigenvalue weighted by Crippen LogP contribution is 2.41. The smallest absolute Gasteiger partial charge is 0.137 e. The minimum Gasteiger partial charge on any atom is -0.345 e. The van der Waals surface area contributed by atoms with Crippen molar-refractivity contribution >= 4 is 11.0 Å². The number of hydrogen-bond acceptors (Lipinski definition) is 4. The van der Waals surface area contributed by atoms with Crippen LogP contribution in [0.25, 0.3) is 33.5 Å². The molecule has 0 aliphatic carbocycles. The summed E-state index contributed by atoms with van der Waals surface area (Å²) in [5, 5.41) is 14.1. The predicted octanol–water partition coefficient (Wildman–Crippen LogP) is 3.51. The number of aromatic amines is 1. The molecular formula is C22H25N7. The van der Waals surface area contributed by atoms with E-state index in [2.05, 4.69) is 61.8 Å². The molecule has 1 atom stereocenters. The molecule has 4 aromatic rings. The highest BCUT2D eigenvalue weighted by molar-refractivity contribution is 5.94. The van der Waals surface area contributed by atoms with Gasteiger partial charge in [0.05, 0.1) is 11.4 Å². The Hall–Kier alpha value is -2.93. The lowest BCUT2D eigenvalue weighted by atomic mass is 9.82. The summed E-state index contributed by atoms with van der Waals surface area (Å²) in [6.07, 6.45) is 8.22. The van der Waals surface area contributed by atoms with E-state index >= 15 is 0 Å². The molecule has 0 bridgehead atoms. The van der Waals surface area contributed by atoms with Gasteiger partial charge >= 0.3 is 0 Å². The summed E-state index contributed by atoms with van der Waals surface area (Å²) < 4.78 is 4.26. The summed E-state index contributed by atoms with van der Waals surface area (Å²) in [4.78, 5) is 8.00. The van der Waals surface area contributed by atoms with Crippen LogP contribution < -0.4 is 5.32 Å². The quantitative estimate of drug-likeness (QED) is 0.564. The molecule has 2 aliphatic heterocycles. The van der Waals surface area contributed by atoms with Crippen LogP contribution in [0.3, 0.4) is 0 Å². The molecule has 1 saturated heterocycles. The first-order valence-electron chi connectivity index (χ1n) is 10.5. The van der Waals surface area contributed by atoms with Gasteiger partial charge in [0.1, 0.15) is 5.65 Å². The van der Waals surface area contributed by atoms with E-state index in [9.17, 15) is 0 Å². The Morgan fingerprint density at radius 1 is 1.21 bits per heavy atom. The number of rotatable bonds is 3. The highest BCUT2D eigenvalue weighted by Gasteiger charge is 2.42. The van der Waals surface area contributed by atoms with Crippen molar-refractivity contribution in [1.29, 1.82) is 0 Å². The lowest BCUT2D eigenvalue weighted by Crippen LogP contribution is -2.25. The van der Waals surface area contributed by atoms with Gasteiger partial charge in [-0.05, 0) is 51.4 Å². The van der Waals surface area contributed by atoms with Gasteiger partial charge in [0, 0.05) is 65.3 Å². The minimum absolute atomic E-state index is 0.270. The normalized spacial score (nSPS) is 21.1. The molecule has 7 nitrogen and oxygen atoms in total. The maximum absolute atomic E-state index is 4.93. The zero-order valence-electron chi connectivity index (χ0n) is 16.8. The van der Waals surface area contributed by atoms with Crippen LogP contribution in [0.2, 0.25) is 0 Å². The van der Waals surface area contributed by atoms with Crippen molar-refractivity contribution in [2.75, 3.05) is 13.1 Å². The predicted molar refractivity (Wildman–Crippen MR) is 113 cm³/mol. The van der Waals surface area contributed by atoms with Gasteiger partial charge in [-0.15, -0.1) is 0 Å². The highest BCUT2D eigenvalue weighted by atomic mass is 15.3. The molecule has 2 aliphatic rings. The van der Waals surface area contributed by atoms with Crippen LogP contribution >= 0.6 is 0 Å². The molecule has 148 valence electrons. The van der Waals surface area contributed by atoms with Gasteiger partial charge in [-0.3, -0.25) is 9.36 Å². The molecule has 0 saturated carbocycles. The Bertz CT molecular complexity index is 1200. The van der Waals surface area contributed by atoms with E-state index < -0.39 is 0 Å². The van der Waals surface area contributed by atoms with Gasteiger partial charge in [0.25, 0.3) is 0 Å². The Kier molecular flexibility index (Phi) is 3.53. The largest absolute Gasteiger partial charge is 0.345 e. The third-order valence-electron chi connectivity index (χ3n) is 6.63. The van der Waals surface area contributed by atoms with Crippen molar-refractivity contribution in [3.63, 3.8) is 0 Å². The average molecular weight is 387 g/mol. The lowest BCUT2D eigenvalue weighted by Gasteiger charge is -2.20. The second-order valence-electron chi connectivity index (χ2n) is 8.67. The van der Waals surface area contributed by atoms with Gasteiger partial charge in [0.2, 0.25) is 0 Å². The third kappa shape index (κ3) is 2.43. The second kappa shape index (κ2) is 6.03. The Labute approximate surface area is 169 Å². The summed E-state index contributed by atoms with van der Waals surface area (Å²) in [6, 6.07) is 6.86. The van der Waals surface area contributed by atoms with Crippen LogP contribution in [0.5, 0.6) is 0 Å². The first kappa shape index (κ1) is 17.0. The molecule has 6 rings (SSSR count). The topological polar surface area (TPSA) is 76.3 Å². The van der Waals surface area contributed by atoms with E-state index in [-0.39, 0.29) is 5.41 Å². The van der Waals surface area contributed by atoms with Crippen LogP contribution in [0, 0.1) is 0 Å². The maximum atomic E-state index is 4.93. The van der Waals surface area contributed by atoms with Crippen molar-refractivity contribution in [1.82, 2.24) is 34.8 Å². The number of nitrogens with one attached hydrogen (secondary N) is 2. The van der Waals surface area contributed by atoms with Crippen LogP contribution in [0.4, 0.5) is 0 Å². The zero-order chi connectivity index (χ0) is 19.6. The Morgan fingerprint density at radius 2 is 2.14 bits per heavy atom. The Balaban J connectivity index is 1.45. The average Bonchev–Trinajstić information content (AvgIpc) is 3.52. The van der Waals surface area contributed by atoms with Gasteiger partial charge in [0.15, 0.2) is 0 Å². The Morgan fingerprint density at radius 3 is 2.97 bits per heavy atom. The fourth-order valence-corrected chi connectivity index (χ4v) is 5.07. The fourth-order valence-electron chi connectivity index (χ4n) is 5.07. The number of pyridine rings is 1. The minimum atomic E-state index is 0.270. The number of H-pyrrole nitrogens is 1. The first-order valence-corrected chi connectivity index (χ1v) is 10.5. The first-order chi connectivity index (χ1) is 14.1. The molecular weight excluding hydrogens is 362 g/mol. The van der Waals surface area contributed by atoms with E-state index in [0.717, 1.165) is 53.2 Å². The van der Waals surface area contributed by atoms with Crippen LogP contribution in [-0.2, 0) is 12.0 Å². The van der Waals surface area contributed by atoms with Gasteiger partial charge < -0.3 is 10.3 Å². The SMILES string of the molecule is CC(C)n1nccc1-c1c[nH]c2ncc(-c3cc4n(n3)CCC43CCNC3)cc12. The van der Waals surface area contributed by atoms with E-state index in [4.69, 9.17) is 5.10 Å². The van der Waals surface area contributed by atoms with E-state index in [0.29, 0.717) is 6.04 Å². The molecule has 1 spiro atoms. The molecule has 0 aromatic carbocycles. The number of aryl methyl sites for hydroxylation is 1. The van der Waals surface area contributed by atoms with E-state index in [1.807, 2.05) is 18.6 Å². The monoisotopic (exact) mass is 387 g/mol. The summed E-state index contributed by atoms with van der Waals surface area (Å²) >= 11 is 0. The number of fused-ring (bicyclic) bond motifs is 3. The van der Waals surface area contributed by atoms with Crippen molar-refractivity contribution in [2.24, 2.45) is 0 Å². The molecule has 0 amide bonds. The van der Waals surface area contributed by atoms with Crippen LogP contribution in [0.1, 0.15) is 38.4 Å². The van der Waals surface area contributed by atoms with Crippen molar-refractivity contribution in [3.05, 3.63) is 42.5 Å². The summed E-state index contributed by atoms with van der Waals surface area (Å²) in [6.45, 7) is 7.47. The molecule has 0 radical (unpaired) electrons. The number of nitrogens with zero attached hydrogens (tertiary/aromatic N) is 5. The molecule has 4 aromatic heterocycles. The summed E-state index contributed by atoms with van der Waals surface area (Å²) in [5.74, 6) is 0. The standard InChI is InChI=1S/C22H25N7/c1-14(2)29-19(3-6-26-29)17-12-25-21-16(17)9-15(11-24-21)18-10-20-22(4-7-23-13-22)5-8-28(20)27-18/h3,6,9-12,14,23H,4-5,7-8,13H2,1-2H3,(H,24,25). The molecule has 29 heavy (non-hydrogen) atoms. The summed E-state index contributed by atoms with van der Waals surface area (Å²) in [5.41, 5.74) is 6.86. The van der Waals surface area contributed by atoms with E-state index in [1.54, 1.807) is 0 Å². The molecule has 7 heteroatoms. The van der Waals surface area contributed by atoms with Crippen LogP contribution in [0.15, 0.2) is 36.8 Å². The molecule has 1 fully saturated rings.